The molecule has 2 unspecified atom stereocenters. The van der Waals surface area contributed by atoms with Crippen molar-refractivity contribution in [3.8, 4) is 0 Å². The number of hydrogen-bond donors (Lipinski definition) is 3. The maximum Gasteiger partial charge on any atom is 0.261 e. The Morgan fingerprint density at radius 2 is 2.09 bits per heavy atom. The minimum atomic E-state index is -0.115. The van der Waals surface area contributed by atoms with Crippen LogP contribution in [0.4, 0.5) is 0 Å². The Labute approximate surface area is 141 Å². The lowest BCUT2D eigenvalue weighted by Crippen LogP contribution is -2.45. The fraction of sp³-hybridized carbons (Fsp3) is 0.600. The van der Waals surface area contributed by atoms with Crippen molar-refractivity contribution in [3.63, 3.8) is 0 Å². The van der Waals surface area contributed by atoms with Gasteiger partial charge in [-0.05, 0) is 36.8 Å². The van der Waals surface area contributed by atoms with E-state index in [4.69, 9.17) is 5.73 Å². The lowest BCUT2D eigenvalue weighted by Gasteiger charge is -2.31. The van der Waals surface area contributed by atoms with E-state index in [1.54, 1.807) is 6.07 Å². The highest BCUT2D eigenvalue weighted by Crippen LogP contribution is 2.23. The summed E-state index contributed by atoms with van der Waals surface area (Å²) < 4.78 is 0. The summed E-state index contributed by atoms with van der Waals surface area (Å²) in [4.78, 5) is 24.3. The molecule has 5 nitrogen and oxygen atoms in total. The van der Waals surface area contributed by atoms with Crippen LogP contribution in [0.5, 0.6) is 0 Å². The molecule has 0 saturated heterocycles. The Hall–Kier alpha value is -1.11. The van der Waals surface area contributed by atoms with E-state index in [0.717, 1.165) is 19.3 Å². The van der Waals surface area contributed by atoms with Gasteiger partial charge in [-0.15, -0.1) is 23.7 Å². The Kier molecular flexibility index (Phi) is 8.45. The molecule has 22 heavy (non-hydrogen) atoms. The first kappa shape index (κ1) is 18.9. The molecule has 2 atom stereocenters. The van der Waals surface area contributed by atoms with Crippen LogP contribution in [0.25, 0.3) is 0 Å². The maximum atomic E-state index is 11.9. The fourth-order valence-corrected chi connectivity index (χ4v) is 3.38. The maximum absolute atomic E-state index is 11.9. The van der Waals surface area contributed by atoms with E-state index in [0.29, 0.717) is 30.3 Å². The summed E-state index contributed by atoms with van der Waals surface area (Å²) in [5, 5.41) is 7.68. The van der Waals surface area contributed by atoms with E-state index < -0.39 is 0 Å². The van der Waals surface area contributed by atoms with Crippen molar-refractivity contribution in [2.45, 2.75) is 38.1 Å². The second kappa shape index (κ2) is 9.82. The average molecular weight is 346 g/mol. The molecule has 7 heteroatoms. The summed E-state index contributed by atoms with van der Waals surface area (Å²) in [6, 6.07) is 3.81. The van der Waals surface area contributed by atoms with Gasteiger partial charge >= 0.3 is 0 Å². The second-order valence-electron chi connectivity index (χ2n) is 5.44. The largest absolute Gasteiger partial charge is 0.353 e. The molecule has 2 rings (SSSR count). The molecule has 1 saturated carbocycles. The Morgan fingerprint density at radius 3 is 2.77 bits per heavy atom. The first-order valence-corrected chi connectivity index (χ1v) is 8.40. The zero-order chi connectivity index (χ0) is 15.1. The number of carbonyl (C=O) groups is 2. The summed E-state index contributed by atoms with van der Waals surface area (Å²) >= 11 is 1.40. The number of carbonyl (C=O) groups excluding carboxylic acids is 2. The third-order valence-corrected chi connectivity index (χ3v) is 4.81. The second-order valence-corrected chi connectivity index (χ2v) is 6.39. The Morgan fingerprint density at radius 1 is 1.32 bits per heavy atom. The highest BCUT2D eigenvalue weighted by Gasteiger charge is 2.25. The lowest BCUT2D eigenvalue weighted by molar-refractivity contribution is -0.122. The minimum absolute atomic E-state index is 0. The van der Waals surface area contributed by atoms with Crippen molar-refractivity contribution in [1.29, 1.82) is 0 Å². The molecule has 1 fully saturated rings. The van der Waals surface area contributed by atoms with Crippen LogP contribution < -0.4 is 16.4 Å². The summed E-state index contributed by atoms with van der Waals surface area (Å²) in [6.07, 6.45) is 4.76. The number of nitrogens with two attached hydrogens (primary N) is 1. The number of amides is 2. The fourth-order valence-electron chi connectivity index (χ4n) is 2.74. The Bertz CT molecular complexity index is 467. The van der Waals surface area contributed by atoms with Gasteiger partial charge in [-0.3, -0.25) is 9.59 Å². The van der Waals surface area contributed by atoms with Crippen molar-refractivity contribution in [2.24, 2.45) is 11.7 Å². The minimum Gasteiger partial charge on any atom is -0.353 e. The van der Waals surface area contributed by atoms with Gasteiger partial charge in [0.2, 0.25) is 5.91 Å². The number of halogens is 1. The molecule has 1 aromatic heterocycles. The van der Waals surface area contributed by atoms with Crippen LogP contribution in [0.2, 0.25) is 0 Å². The van der Waals surface area contributed by atoms with Crippen LogP contribution in [0.3, 0.4) is 0 Å². The lowest BCUT2D eigenvalue weighted by atomic mass is 9.84. The molecule has 124 valence electrons. The topological polar surface area (TPSA) is 84.2 Å². The smallest absolute Gasteiger partial charge is 0.261 e. The zero-order valence-corrected chi connectivity index (χ0v) is 14.2. The van der Waals surface area contributed by atoms with Crippen molar-refractivity contribution >= 4 is 35.6 Å². The van der Waals surface area contributed by atoms with Crippen LogP contribution in [-0.4, -0.2) is 30.9 Å². The van der Waals surface area contributed by atoms with Gasteiger partial charge in [-0.2, -0.15) is 0 Å². The van der Waals surface area contributed by atoms with Crippen LogP contribution >= 0.6 is 23.7 Å². The molecule has 1 heterocycles. The van der Waals surface area contributed by atoms with Crippen LogP contribution in [-0.2, 0) is 4.79 Å². The molecule has 1 aromatic rings. The summed E-state index contributed by atoms with van der Waals surface area (Å²) in [6.45, 7) is 0.989. The zero-order valence-electron chi connectivity index (χ0n) is 12.5. The van der Waals surface area contributed by atoms with Gasteiger partial charge in [0, 0.05) is 19.0 Å². The van der Waals surface area contributed by atoms with Gasteiger partial charge in [0.25, 0.3) is 5.91 Å². The van der Waals surface area contributed by atoms with Gasteiger partial charge in [0.05, 0.1) is 4.88 Å². The monoisotopic (exact) mass is 345 g/mol. The molecule has 0 aliphatic heterocycles. The van der Waals surface area contributed by atoms with Gasteiger partial charge in [0.15, 0.2) is 0 Å². The van der Waals surface area contributed by atoms with E-state index in [1.165, 1.54) is 17.8 Å². The third kappa shape index (κ3) is 5.59. The molecule has 2 amide bonds. The molecule has 0 aromatic carbocycles. The Balaban J connectivity index is 0.00000242. The molecule has 1 aliphatic carbocycles. The summed E-state index contributed by atoms with van der Waals surface area (Å²) in [5.41, 5.74) is 5.76. The molecule has 4 N–H and O–H groups in total. The molecule has 0 bridgehead atoms. The van der Waals surface area contributed by atoms with Crippen molar-refractivity contribution < 1.29 is 9.59 Å². The van der Waals surface area contributed by atoms with Gasteiger partial charge in [-0.1, -0.05) is 18.9 Å². The molecular weight excluding hydrogens is 322 g/mol. The van der Waals surface area contributed by atoms with E-state index in [1.807, 2.05) is 11.4 Å². The van der Waals surface area contributed by atoms with Crippen molar-refractivity contribution in [3.05, 3.63) is 22.4 Å². The normalized spacial score (nSPS) is 20.8. The quantitative estimate of drug-likeness (QED) is 0.736. The molecule has 0 radical (unpaired) electrons. The van der Waals surface area contributed by atoms with Crippen LogP contribution in [0, 0.1) is 5.92 Å². The van der Waals surface area contributed by atoms with E-state index in [-0.39, 0.29) is 30.3 Å². The highest BCUT2D eigenvalue weighted by molar-refractivity contribution is 7.12. The SMILES string of the molecule is Cl.NCC1CCCCC1NC(=O)CCNC(=O)c1cccs1. The third-order valence-electron chi connectivity index (χ3n) is 3.94. The first-order valence-electron chi connectivity index (χ1n) is 7.52. The van der Waals surface area contributed by atoms with Gasteiger partial charge in [-0.25, -0.2) is 0 Å². The van der Waals surface area contributed by atoms with E-state index in [9.17, 15) is 9.59 Å². The summed E-state index contributed by atoms with van der Waals surface area (Å²) in [7, 11) is 0. The molecule has 0 spiro atoms. The van der Waals surface area contributed by atoms with Gasteiger partial charge < -0.3 is 16.4 Å². The van der Waals surface area contributed by atoms with E-state index >= 15 is 0 Å². The van der Waals surface area contributed by atoms with Crippen LogP contribution in [0.1, 0.15) is 41.8 Å². The predicted molar refractivity (Wildman–Crippen MR) is 91.5 cm³/mol. The number of nitrogens with one attached hydrogen (secondary N) is 2. The van der Waals surface area contributed by atoms with Crippen molar-refractivity contribution in [2.75, 3.05) is 13.1 Å². The predicted octanol–water partition coefficient (Wildman–Crippen LogP) is 1.92. The number of rotatable bonds is 6. The average Bonchev–Trinajstić information content (AvgIpc) is 3.02. The van der Waals surface area contributed by atoms with E-state index in [2.05, 4.69) is 10.6 Å². The molecule has 1 aliphatic rings. The highest BCUT2D eigenvalue weighted by atomic mass is 35.5. The van der Waals surface area contributed by atoms with Crippen LogP contribution in [0.15, 0.2) is 17.5 Å². The summed E-state index contributed by atoms with van der Waals surface area (Å²) in [5.74, 6) is 0.269. The number of thiophene rings is 1. The van der Waals surface area contributed by atoms with Crippen molar-refractivity contribution in [1.82, 2.24) is 10.6 Å². The molecular formula is C15H24ClN3O2S. The van der Waals surface area contributed by atoms with Gasteiger partial charge in [0.1, 0.15) is 0 Å². The first-order chi connectivity index (χ1) is 10.2. The standard InChI is InChI=1S/C15H23N3O2S.ClH/c16-10-11-4-1-2-5-12(11)18-14(19)7-8-17-15(20)13-6-3-9-21-13;/h3,6,9,11-12H,1-2,4-5,7-8,10,16H2,(H,17,20)(H,18,19);1H. The number of hydrogen-bond acceptors (Lipinski definition) is 4.